The molecule has 0 amide bonds. The molecule has 0 radical (unpaired) electrons. The minimum absolute atomic E-state index is 0.0328. The fraction of sp³-hybridized carbons (Fsp3) is 0.553. The molecule has 2 aromatic carbocycles. The van der Waals surface area contributed by atoms with Gasteiger partial charge < -0.3 is 53.6 Å². The zero-order valence-electron chi connectivity index (χ0n) is 37.9. The van der Waals surface area contributed by atoms with E-state index in [2.05, 4.69) is 18.1 Å². The van der Waals surface area contributed by atoms with Gasteiger partial charge in [-0.05, 0) is 68.4 Å². The number of rotatable bonds is 12. The average molecular weight is 955 g/mol. The number of benzene rings is 2. The molecule has 0 aliphatic carbocycles. The molecular formula is C47H58N2O17S. The van der Waals surface area contributed by atoms with E-state index in [0.29, 0.717) is 25.7 Å². The maximum Gasteiger partial charge on any atom is 0.508 e. The number of epoxide rings is 1. The summed E-state index contributed by atoms with van der Waals surface area (Å²) in [5, 5.41) is 55.9. The van der Waals surface area contributed by atoms with Gasteiger partial charge in [-0.15, -0.1) is 17.9 Å². The van der Waals surface area contributed by atoms with E-state index in [4.69, 9.17) is 33.2 Å². The van der Waals surface area contributed by atoms with Crippen molar-refractivity contribution in [3.63, 3.8) is 0 Å². The molecule has 3 fully saturated rings. The van der Waals surface area contributed by atoms with Crippen molar-refractivity contribution in [3.05, 3.63) is 88.0 Å². The summed E-state index contributed by atoms with van der Waals surface area (Å²) in [6, 6.07) is 9.16. The minimum Gasteiger partial charge on any atom is -0.459 e. The van der Waals surface area contributed by atoms with E-state index in [-0.39, 0.29) is 24.7 Å². The molecule has 4 heterocycles. The molecule has 3 aliphatic heterocycles. The van der Waals surface area contributed by atoms with Gasteiger partial charge in [0.1, 0.15) is 49.5 Å². The maximum absolute atomic E-state index is 14.6. The topological polar surface area (TPSA) is 273 Å². The van der Waals surface area contributed by atoms with Crippen molar-refractivity contribution in [2.75, 3.05) is 6.61 Å². The number of thiazole rings is 1. The average Bonchev–Trinajstić information content (AvgIpc) is 3.75. The lowest BCUT2D eigenvalue weighted by Crippen LogP contribution is -2.61. The summed E-state index contributed by atoms with van der Waals surface area (Å²) in [4.78, 5) is 70.1. The monoisotopic (exact) mass is 954 g/mol. The Labute approximate surface area is 390 Å². The van der Waals surface area contributed by atoms with E-state index in [1.54, 1.807) is 11.3 Å². The number of aromatic nitrogens is 1. The van der Waals surface area contributed by atoms with Crippen LogP contribution in [0.25, 0.3) is 10.2 Å². The van der Waals surface area contributed by atoms with E-state index in [1.165, 1.54) is 32.1 Å². The summed E-state index contributed by atoms with van der Waals surface area (Å²) in [5.74, 6) is -4.29. The highest BCUT2D eigenvalue weighted by Crippen LogP contribution is 2.47. The third-order valence-electron chi connectivity index (χ3n) is 12.7. The molecule has 3 aromatic rings. The summed E-state index contributed by atoms with van der Waals surface area (Å²) in [6.45, 7) is 15.2. The Kier molecular flexibility index (Phi) is 16.2. The van der Waals surface area contributed by atoms with Crippen molar-refractivity contribution < 1.29 is 77.7 Å². The Hall–Kier alpha value is -5.35. The first-order valence-corrected chi connectivity index (χ1v) is 22.8. The molecule has 20 heteroatoms. The first-order valence-electron chi connectivity index (χ1n) is 22.0. The van der Waals surface area contributed by atoms with Crippen LogP contribution >= 0.6 is 11.3 Å². The van der Waals surface area contributed by atoms with Crippen LogP contribution in [-0.4, -0.2) is 115 Å². The molecule has 12 atom stereocenters. The van der Waals surface area contributed by atoms with Gasteiger partial charge in [-0.1, -0.05) is 58.1 Å². The number of carbonyl (C=O) groups is 4. The van der Waals surface area contributed by atoms with Gasteiger partial charge in [0.15, 0.2) is 11.9 Å². The highest BCUT2D eigenvalue weighted by atomic mass is 32.1. The predicted octanol–water partition coefficient (Wildman–Crippen LogP) is 5.64. The number of hydrogen-bond acceptors (Lipinski definition) is 19. The van der Waals surface area contributed by atoms with Gasteiger partial charge in [-0.3, -0.25) is 19.7 Å². The van der Waals surface area contributed by atoms with Crippen LogP contribution in [0.2, 0.25) is 0 Å². The van der Waals surface area contributed by atoms with Crippen LogP contribution in [0.1, 0.15) is 88.5 Å². The van der Waals surface area contributed by atoms with Gasteiger partial charge in [-0.2, -0.15) is 0 Å². The molecule has 0 unspecified atom stereocenters. The second-order valence-electron chi connectivity index (χ2n) is 18.0. The Morgan fingerprint density at radius 3 is 2.48 bits per heavy atom. The zero-order valence-corrected chi connectivity index (χ0v) is 38.8. The maximum atomic E-state index is 14.6. The van der Waals surface area contributed by atoms with Crippen LogP contribution in [-0.2, 0) is 49.4 Å². The number of cyclic esters (lactones) is 1. The summed E-state index contributed by atoms with van der Waals surface area (Å²) in [6.07, 6.45) is -9.99. The first kappa shape index (κ1) is 51.0. The number of hydrogen-bond donors (Lipinski definition) is 4. The SMILES string of the molecule is C=CCOC(=O)[C@H]1O[C@@H](Oc2ccc(COC(=O)O[C@H]3[C@@H](C)CCC[C@@]4(C)O[C@H]4C[C@@H](c4ccc5sc(C)nc5c4)OC(=O)C[C@H](O)C(C)(C)C(=O)[C@@H]3CC=C)cc2[N+](=O)[O-])[C@H](O)[C@@H](O)[C@@H]1O. The molecule has 3 aliphatic rings. The quantitative estimate of drug-likeness (QED) is 0.0427. The highest BCUT2D eigenvalue weighted by molar-refractivity contribution is 7.18. The van der Waals surface area contributed by atoms with Crippen molar-refractivity contribution in [1.29, 1.82) is 0 Å². The van der Waals surface area contributed by atoms with Gasteiger partial charge in [0.25, 0.3) is 0 Å². The van der Waals surface area contributed by atoms with Crippen molar-refractivity contribution >= 4 is 51.1 Å². The number of allylic oxidation sites excluding steroid dienone is 1. The number of aliphatic hydroxyl groups excluding tert-OH is 4. The Bertz CT molecular complexity index is 2330. The summed E-state index contributed by atoms with van der Waals surface area (Å²) in [7, 11) is 0. The molecule has 3 saturated heterocycles. The molecule has 19 nitrogen and oxygen atoms in total. The predicted molar refractivity (Wildman–Crippen MR) is 238 cm³/mol. The fourth-order valence-electron chi connectivity index (χ4n) is 8.55. The molecule has 6 rings (SSSR count). The number of aliphatic hydroxyl groups is 4. The Morgan fingerprint density at radius 2 is 1.78 bits per heavy atom. The molecule has 1 aromatic heterocycles. The van der Waals surface area contributed by atoms with Crippen LogP contribution in [0.4, 0.5) is 10.5 Å². The number of carbonyl (C=O) groups excluding carboxylic acids is 4. The van der Waals surface area contributed by atoms with E-state index in [0.717, 1.165) is 32.9 Å². The molecule has 0 saturated carbocycles. The fourth-order valence-corrected chi connectivity index (χ4v) is 9.36. The lowest BCUT2D eigenvalue weighted by molar-refractivity contribution is -0.387. The molecule has 4 N–H and O–H groups in total. The smallest absolute Gasteiger partial charge is 0.459 e. The zero-order chi connectivity index (χ0) is 49.0. The second-order valence-corrected chi connectivity index (χ2v) is 19.2. The molecule has 364 valence electrons. The van der Waals surface area contributed by atoms with E-state index in [9.17, 15) is 49.7 Å². The minimum atomic E-state index is -1.96. The number of fused-ring (bicyclic) bond motifs is 2. The number of aryl methyl sites for hydroxylation is 1. The van der Waals surface area contributed by atoms with Crippen molar-refractivity contribution in [3.8, 4) is 5.75 Å². The Morgan fingerprint density at radius 1 is 1.03 bits per heavy atom. The van der Waals surface area contributed by atoms with Gasteiger partial charge in [0, 0.05) is 12.5 Å². The molecule has 0 bridgehead atoms. The number of Topliss-reactive ketones (excluding diaryl/α,β-unsaturated/α-hetero) is 1. The van der Waals surface area contributed by atoms with Gasteiger partial charge in [0.05, 0.1) is 55.7 Å². The van der Waals surface area contributed by atoms with Crippen molar-refractivity contribution in [2.24, 2.45) is 17.3 Å². The van der Waals surface area contributed by atoms with Crippen molar-refractivity contribution in [2.45, 2.75) is 140 Å². The van der Waals surface area contributed by atoms with Gasteiger partial charge >= 0.3 is 23.8 Å². The van der Waals surface area contributed by atoms with Crippen LogP contribution in [0.15, 0.2) is 61.7 Å². The molecular weight excluding hydrogens is 897 g/mol. The van der Waals surface area contributed by atoms with Crippen LogP contribution in [0, 0.1) is 34.3 Å². The third kappa shape index (κ3) is 11.9. The Balaban J connectivity index is 1.17. The number of esters is 2. The summed E-state index contributed by atoms with van der Waals surface area (Å²) < 4.78 is 40.4. The molecule has 0 spiro atoms. The first-order chi connectivity index (χ1) is 31.7. The molecule has 67 heavy (non-hydrogen) atoms. The number of ether oxygens (including phenoxy) is 7. The normalized spacial score (nSPS) is 31.4. The van der Waals surface area contributed by atoms with Crippen LogP contribution < -0.4 is 4.74 Å². The number of ketones is 1. The van der Waals surface area contributed by atoms with Crippen molar-refractivity contribution in [1.82, 2.24) is 4.98 Å². The summed E-state index contributed by atoms with van der Waals surface area (Å²) in [5.41, 5.74) is -1.16. The van der Waals surface area contributed by atoms with E-state index in [1.807, 2.05) is 39.0 Å². The van der Waals surface area contributed by atoms with Crippen LogP contribution in [0.3, 0.4) is 0 Å². The van der Waals surface area contributed by atoms with Crippen LogP contribution in [0.5, 0.6) is 5.75 Å². The lowest BCUT2D eigenvalue weighted by Gasteiger charge is -2.38. The van der Waals surface area contributed by atoms with E-state index < -0.39 is 125 Å². The highest BCUT2D eigenvalue weighted by Gasteiger charge is 2.54. The number of nitro benzene ring substituents is 1. The van der Waals surface area contributed by atoms with E-state index >= 15 is 0 Å². The largest absolute Gasteiger partial charge is 0.508 e. The summed E-state index contributed by atoms with van der Waals surface area (Å²) >= 11 is 1.55. The standard InChI is InChI=1S/C47H58N2O17S/c1-8-11-28-40(65-45(57)61-23-26-13-15-31(30(19-26)49(58)59)63-44-39(54)37(52)38(53)41(64-44)43(56)60-18-9-2)24(3)12-10-17-47(7)35(66-47)21-32(27-14-16-33-29(20-27)48-25(4)67-33)62-36(51)22-34(50)46(5,6)42(28)55/h8-9,13-16,19-20,24,28,32,34-35,37-41,44,50,52-54H,1-2,10-12,17-18,21-23H2,3-7H3/t24-,28+,32-,34-,35-,37-,38-,39+,40-,41-,44+,47+/m0/s1. The second kappa shape index (κ2) is 21.3. The number of nitro groups is 1. The van der Waals surface area contributed by atoms with Gasteiger partial charge in [-0.25, -0.2) is 14.6 Å². The third-order valence-corrected chi connectivity index (χ3v) is 13.7. The van der Waals surface area contributed by atoms with Gasteiger partial charge in [0.2, 0.25) is 6.29 Å². The lowest BCUT2D eigenvalue weighted by atomic mass is 9.71. The number of nitrogens with zero attached hydrogens (tertiary/aromatic N) is 2.